The molecule has 3 aromatic rings. The van der Waals surface area contributed by atoms with Gasteiger partial charge in [-0.1, -0.05) is 6.58 Å². The second kappa shape index (κ2) is 8.42. The van der Waals surface area contributed by atoms with Crippen molar-refractivity contribution < 1.29 is 4.39 Å². The molecule has 0 amide bonds. The van der Waals surface area contributed by atoms with Gasteiger partial charge in [-0.05, 0) is 37.1 Å². The third kappa shape index (κ3) is 4.06. The molecule has 1 saturated heterocycles. The lowest BCUT2D eigenvalue weighted by atomic mass is 10.1. The number of nitrogens with two attached hydrogens (primary N) is 2. The highest BCUT2D eigenvalue weighted by molar-refractivity contribution is 5.82. The lowest BCUT2D eigenvalue weighted by Crippen LogP contribution is -2.40. The molecule has 9 heteroatoms. The van der Waals surface area contributed by atoms with Gasteiger partial charge in [-0.25, -0.2) is 19.3 Å². The summed E-state index contributed by atoms with van der Waals surface area (Å²) in [6, 6.07) is 6.94. The molecule has 0 atom stereocenters. The Morgan fingerprint density at radius 2 is 1.87 bits per heavy atom. The summed E-state index contributed by atoms with van der Waals surface area (Å²) in [5.74, 6) is 0.319. The molecule has 1 fully saturated rings. The third-order valence-corrected chi connectivity index (χ3v) is 5.02. The topological polar surface area (TPSA) is 119 Å². The molecule has 30 heavy (non-hydrogen) atoms. The molecular formula is C21H23FN8. The largest absolute Gasteiger partial charge is 0.382 e. The number of aromatic nitrogens is 4. The van der Waals surface area contributed by atoms with E-state index in [2.05, 4.69) is 36.7 Å². The molecule has 0 saturated carbocycles. The smallest absolute Gasteiger partial charge is 0.154 e. The van der Waals surface area contributed by atoms with Gasteiger partial charge in [0.1, 0.15) is 17.1 Å². The van der Waals surface area contributed by atoms with Crippen LogP contribution in [0, 0.1) is 5.82 Å². The van der Waals surface area contributed by atoms with Gasteiger partial charge in [0.25, 0.3) is 0 Å². The minimum Gasteiger partial charge on any atom is -0.382 e. The van der Waals surface area contributed by atoms with Crippen LogP contribution in [-0.2, 0) is 0 Å². The van der Waals surface area contributed by atoms with Crippen molar-refractivity contribution in [2.24, 2.45) is 5.73 Å². The van der Waals surface area contributed by atoms with Crippen molar-refractivity contribution in [2.75, 3.05) is 29.0 Å². The van der Waals surface area contributed by atoms with Crippen LogP contribution < -0.4 is 21.7 Å². The fraction of sp³-hybridized carbons (Fsp3) is 0.238. The number of piperidine rings is 1. The Kier molecular flexibility index (Phi) is 5.53. The summed E-state index contributed by atoms with van der Waals surface area (Å²) in [6.07, 6.45) is 6.43. The van der Waals surface area contributed by atoms with Gasteiger partial charge < -0.3 is 21.7 Å². The van der Waals surface area contributed by atoms with E-state index < -0.39 is 5.82 Å². The van der Waals surface area contributed by atoms with Crippen molar-refractivity contribution in [3.63, 3.8) is 0 Å². The van der Waals surface area contributed by atoms with E-state index in [1.165, 1.54) is 24.5 Å². The van der Waals surface area contributed by atoms with Crippen LogP contribution in [0.3, 0.4) is 0 Å². The standard InChI is InChI=1S/C21H23FN8/c1-13(18-20(24)27-12-16(29-18)19-15(22)4-2-8-25-19)28-21-17(5-3-9-26-21)30-10-6-14(23)7-11-30/h2-5,8-9,12,14H,1,6-7,10-11,23H2,(H2,24,27)(H,26,28). The maximum atomic E-state index is 14.1. The highest BCUT2D eigenvalue weighted by Crippen LogP contribution is 2.29. The Morgan fingerprint density at radius 1 is 1.13 bits per heavy atom. The van der Waals surface area contributed by atoms with Crippen LogP contribution in [0.2, 0.25) is 0 Å². The number of rotatable bonds is 5. The van der Waals surface area contributed by atoms with Crippen molar-refractivity contribution >= 4 is 23.0 Å². The lowest BCUT2D eigenvalue weighted by Gasteiger charge is -2.33. The van der Waals surface area contributed by atoms with E-state index in [4.69, 9.17) is 11.5 Å². The van der Waals surface area contributed by atoms with E-state index in [1.54, 1.807) is 6.20 Å². The minimum absolute atomic E-state index is 0.0993. The average Bonchev–Trinajstić information content (AvgIpc) is 2.76. The van der Waals surface area contributed by atoms with E-state index in [1.807, 2.05) is 12.1 Å². The second-order valence-corrected chi connectivity index (χ2v) is 7.12. The van der Waals surface area contributed by atoms with Crippen molar-refractivity contribution in [1.29, 1.82) is 0 Å². The third-order valence-electron chi connectivity index (χ3n) is 5.02. The van der Waals surface area contributed by atoms with Crippen LogP contribution in [0.5, 0.6) is 0 Å². The zero-order valence-corrected chi connectivity index (χ0v) is 16.4. The zero-order valence-electron chi connectivity index (χ0n) is 16.4. The Bertz CT molecular complexity index is 1060. The fourth-order valence-electron chi connectivity index (χ4n) is 3.40. The lowest BCUT2D eigenvalue weighted by molar-refractivity contribution is 0.501. The number of nitrogens with one attached hydrogen (secondary N) is 1. The number of halogens is 1. The number of hydrogen-bond donors (Lipinski definition) is 3. The van der Waals surface area contributed by atoms with Gasteiger partial charge >= 0.3 is 0 Å². The molecule has 0 aromatic carbocycles. The maximum absolute atomic E-state index is 14.1. The molecule has 0 spiro atoms. The summed E-state index contributed by atoms with van der Waals surface area (Å²) in [6.45, 7) is 5.75. The first kappa shape index (κ1) is 19.7. The summed E-state index contributed by atoms with van der Waals surface area (Å²) < 4.78 is 14.1. The molecule has 4 rings (SSSR count). The van der Waals surface area contributed by atoms with Crippen molar-refractivity contribution in [3.8, 4) is 11.4 Å². The molecule has 0 aliphatic carbocycles. The molecule has 4 heterocycles. The van der Waals surface area contributed by atoms with Crippen LogP contribution in [0.15, 0.2) is 49.4 Å². The molecule has 0 bridgehead atoms. The highest BCUT2D eigenvalue weighted by Gasteiger charge is 2.20. The summed E-state index contributed by atoms with van der Waals surface area (Å²) in [5, 5.41) is 3.19. The molecule has 154 valence electrons. The second-order valence-electron chi connectivity index (χ2n) is 7.12. The van der Waals surface area contributed by atoms with E-state index in [-0.39, 0.29) is 23.2 Å². The van der Waals surface area contributed by atoms with Gasteiger partial charge in [-0.3, -0.25) is 4.98 Å². The summed E-state index contributed by atoms with van der Waals surface area (Å²) >= 11 is 0. The van der Waals surface area contributed by atoms with E-state index in [9.17, 15) is 4.39 Å². The van der Waals surface area contributed by atoms with Crippen LogP contribution in [0.4, 0.5) is 21.7 Å². The summed E-state index contributed by atoms with van der Waals surface area (Å²) in [4.78, 5) is 19.3. The number of nitrogens with zero attached hydrogens (tertiary/aromatic N) is 5. The first-order valence-corrected chi connectivity index (χ1v) is 9.68. The van der Waals surface area contributed by atoms with Crippen molar-refractivity contribution in [2.45, 2.75) is 18.9 Å². The van der Waals surface area contributed by atoms with Gasteiger partial charge in [0, 0.05) is 31.5 Å². The molecule has 1 aliphatic heterocycles. The quantitative estimate of drug-likeness (QED) is 0.592. The zero-order chi connectivity index (χ0) is 21.1. The molecule has 3 aromatic heterocycles. The van der Waals surface area contributed by atoms with Crippen LogP contribution in [0.1, 0.15) is 18.5 Å². The van der Waals surface area contributed by atoms with E-state index in [0.717, 1.165) is 31.6 Å². The number of pyridine rings is 2. The van der Waals surface area contributed by atoms with Crippen LogP contribution in [0.25, 0.3) is 17.1 Å². The fourth-order valence-corrected chi connectivity index (χ4v) is 3.40. The predicted octanol–water partition coefficient (Wildman–Crippen LogP) is 2.67. The maximum Gasteiger partial charge on any atom is 0.154 e. The SMILES string of the molecule is C=C(Nc1ncccc1N1CCC(N)CC1)c1nc(-c2ncccc2F)cnc1N. The molecule has 8 nitrogen and oxygen atoms in total. The average molecular weight is 406 g/mol. The first-order chi connectivity index (χ1) is 14.5. The molecular weight excluding hydrogens is 383 g/mol. The molecule has 0 radical (unpaired) electrons. The molecule has 1 aliphatic rings. The van der Waals surface area contributed by atoms with Gasteiger partial charge in [0.05, 0.1) is 17.6 Å². The first-order valence-electron chi connectivity index (χ1n) is 9.68. The predicted molar refractivity (Wildman–Crippen MR) is 116 cm³/mol. The monoisotopic (exact) mass is 406 g/mol. The van der Waals surface area contributed by atoms with Gasteiger partial charge in [-0.2, -0.15) is 0 Å². The van der Waals surface area contributed by atoms with E-state index >= 15 is 0 Å². The Labute approximate surface area is 173 Å². The Hall–Kier alpha value is -3.59. The van der Waals surface area contributed by atoms with E-state index in [0.29, 0.717) is 17.2 Å². The summed E-state index contributed by atoms with van der Waals surface area (Å²) in [5.41, 5.74) is 14.1. The Morgan fingerprint density at radius 3 is 2.63 bits per heavy atom. The number of anilines is 3. The molecule has 5 N–H and O–H groups in total. The highest BCUT2D eigenvalue weighted by atomic mass is 19.1. The van der Waals surface area contributed by atoms with Crippen LogP contribution in [-0.4, -0.2) is 39.1 Å². The van der Waals surface area contributed by atoms with Crippen molar-refractivity contribution in [1.82, 2.24) is 19.9 Å². The summed E-state index contributed by atoms with van der Waals surface area (Å²) in [7, 11) is 0. The van der Waals surface area contributed by atoms with Crippen molar-refractivity contribution in [3.05, 3.63) is 60.9 Å². The van der Waals surface area contributed by atoms with Gasteiger partial charge in [0.2, 0.25) is 0 Å². The van der Waals surface area contributed by atoms with Crippen LogP contribution >= 0.6 is 0 Å². The molecule has 0 unspecified atom stereocenters. The minimum atomic E-state index is -0.489. The number of hydrogen-bond acceptors (Lipinski definition) is 8. The normalized spacial score (nSPS) is 14.5. The Balaban J connectivity index is 1.61. The number of nitrogen functional groups attached to an aromatic ring is 1. The van der Waals surface area contributed by atoms with Gasteiger partial charge in [0.15, 0.2) is 17.5 Å². The van der Waals surface area contributed by atoms with Gasteiger partial charge in [-0.15, -0.1) is 0 Å².